The third-order valence-electron chi connectivity index (χ3n) is 3.34. The van der Waals surface area contributed by atoms with Gasteiger partial charge in [0.25, 0.3) is 0 Å². The summed E-state index contributed by atoms with van der Waals surface area (Å²) in [4.78, 5) is 27.8. The van der Waals surface area contributed by atoms with Crippen LogP contribution in [0.3, 0.4) is 0 Å². The number of esters is 1. The second kappa shape index (κ2) is 8.67. The number of carbonyl (C=O) groups excluding carboxylic acids is 2. The fraction of sp³-hybridized carbons (Fsp3) is 0.278. The van der Waals surface area contributed by atoms with Gasteiger partial charge in [0.15, 0.2) is 0 Å². The van der Waals surface area contributed by atoms with Gasteiger partial charge in [-0.3, -0.25) is 4.79 Å². The molecule has 126 valence electrons. The first-order valence-electron chi connectivity index (χ1n) is 7.81. The zero-order chi connectivity index (χ0) is 17.4. The van der Waals surface area contributed by atoms with Crippen molar-refractivity contribution in [2.24, 2.45) is 0 Å². The normalized spacial score (nSPS) is 11.4. The average molecular weight is 327 g/mol. The van der Waals surface area contributed by atoms with Crippen LogP contribution in [0.15, 0.2) is 48.7 Å². The lowest BCUT2D eigenvalue weighted by atomic mass is 10.2. The van der Waals surface area contributed by atoms with Crippen molar-refractivity contribution in [1.82, 2.24) is 10.3 Å². The van der Waals surface area contributed by atoms with E-state index in [0.29, 0.717) is 24.5 Å². The molecule has 6 nitrogen and oxygen atoms in total. The van der Waals surface area contributed by atoms with Crippen molar-refractivity contribution in [3.63, 3.8) is 0 Å². The van der Waals surface area contributed by atoms with E-state index < -0.39 is 12.0 Å². The summed E-state index contributed by atoms with van der Waals surface area (Å²) in [7, 11) is 0. The van der Waals surface area contributed by atoms with Gasteiger partial charge in [0.05, 0.1) is 12.2 Å². The first kappa shape index (κ1) is 17.5. The Morgan fingerprint density at radius 2 is 1.92 bits per heavy atom. The minimum Gasteiger partial charge on any atom is -0.462 e. The third kappa shape index (κ3) is 5.08. The molecule has 2 N–H and O–H groups in total. The molecule has 6 heteroatoms. The quantitative estimate of drug-likeness (QED) is 0.763. The highest BCUT2D eigenvalue weighted by Crippen LogP contribution is 2.08. The summed E-state index contributed by atoms with van der Waals surface area (Å²) >= 11 is 0. The van der Waals surface area contributed by atoms with Crippen molar-refractivity contribution >= 4 is 17.7 Å². The highest BCUT2D eigenvalue weighted by Gasteiger charge is 2.13. The van der Waals surface area contributed by atoms with Crippen LogP contribution in [0, 0.1) is 0 Å². The van der Waals surface area contributed by atoms with Gasteiger partial charge in [-0.1, -0.05) is 30.3 Å². The third-order valence-corrected chi connectivity index (χ3v) is 3.34. The van der Waals surface area contributed by atoms with Gasteiger partial charge in [0.2, 0.25) is 5.91 Å². The number of rotatable bonds is 7. The lowest BCUT2D eigenvalue weighted by molar-refractivity contribution is -0.121. The van der Waals surface area contributed by atoms with Gasteiger partial charge in [-0.25, -0.2) is 9.78 Å². The molecule has 1 aromatic carbocycles. The molecule has 1 aromatic heterocycles. The number of nitrogens with zero attached hydrogens (tertiary/aromatic N) is 1. The van der Waals surface area contributed by atoms with Crippen molar-refractivity contribution in [2.45, 2.75) is 26.4 Å². The number of benzene rings is 1. The molecule has 1 atom stereocenters. The predicted octanol–water partition coefficient (Wildman–Crippen LogP) is 2.38. The maximum absolute atomic E-state index is 12.1. The van der Waals surface area contributed by atoms with Gasteiger partial charge in [0, 0.05) is 12.7 Å². The van der Waals surface area contributed by atoms with Crippen molar-refractivity contribution < 1.29 is 14.3 Å². The molecule has 0 spiro atoms. The standard InChI is InChI=1S/C18H21N3O3/c1-3-24-18(23)15-9-10-16(19-12-15)21-13(2)17(22)20-11-14-7-5-4-6-8-14/h4-10,12-13H,3,11H2,1-2H3,(H,19,21)(H,20,22). The molecular weight excluding hydrogens is 306 g/mol. The molecular formula is C18H21N3O3. The van der Waals surface area contributed by atoms with E-state index in [1.807, 2.05) is 30.3 Å². The van der Waals surface area contributed by atoms with Gasteiger partial charge in [0.1, 0.15) is 11.9 Å². The van der Waals surface area contributed by atoms with Gasteiger partial charge < -0.3 is 15.4 Å². The average Bonchev–Trinajstić information content (AvgIpc) is 2.61. The molecule has 0 saturated carbocycles. The Kier molecular flexibility index (Phi) is 6.31. The maximum Gasteiger partial charge on any atom is 0.339 e. The number of carbonyl (C=O) groups is 2. The summed E-state index contributed by atoms with van der Waals surface area (Å²) in [5.41, 5.74) is 1.42. The molecule has 0 aliphatic rings. The molecule has 1 unspecified atom stereocenters. The Morgan fingerprint density at radius 3 is 2.54 bits per heavy atom. The number of anilines is 1. The number of nitrogens with one attached hydrogen (secondary N) is 2. The van der Waals surface area contributed by atoms with E-state index in [2.05, 4.69) is 15.6 Å². The summed E-state index contributed by atoms with van der Waals surface area (Å²) < 4.78 is 4.90. The molecule has 0 bridgehead atoms. The Morgan fingerprint density at radius 1 is 1.17 bits per heavy atom. The number of pyridine rings is 1. The zero-order valence-corrected chi connectivity index (χ0v) is 13.8. The monoisotopic (exact) mass is 327 g/mol. The van der Waals surface area contributed by atoms with Crippen molar-refractivity contribution in [3.05, 3.63) is 59.8 Å². The lowest BCUT2D eigenvalue weighted by Gasteiger charge is -2.15. The fourth-order valence-electron chi connectivity index (χ4n) is 2.04. The number of aromatic nitrogens is 1. The molecule has 1 heterocycles. The first-order valence-corrected chi connectivity index (χ1v) is 7.81. The second-order valence-electron chi connectivity index (χ2n) is 5.22. The van der Waals surface area contributed by atoms with Crippen LogP contribution in [0.1, 0.15) is 29.8 Å². The SMILES string of the molecule is CCOC(=O)c1ccc(NC(C)C(=O)NCc2ccccc2)nc1. The van der Waals surface area contributed by atoms with Gasteiger partial charge >= 0.3 is 5.97 Å². The molecule has 0 aliphatic heterocycles. The van der Waals surface area contributed by atoms with Crippen LogP contribution in [-0.2, 0) is 16.1 Å². The maximum atomic E-state index is 12.1. The summed E-state index contributed by atoms with van der Waals surface area (Å²) in [6, 6.07) is 12.5. The van der Waals surface area contributed by atoms with Crippen LogP contribution in [0.4, 0.5) is 5.82 Å². The molecule has 0 fully saturated rings. The highest BCUT2D eigenvalue weighted by atomic mass is 16.5. The zero-order valence-electron chi connectivity index (χ0n) is 13.8. The summed E-state index contributed by atoms with van der Waals surface area (Å²) in [5, 5.41) is 5.86. The predicted molar refractivity (Wildman–Crippen MR) is 91.6 cm³/mol. The van der Waals surface area contributed by atoms with Gasteiger partial charge in [-0.15, -0.1) is 0 Å². The number of ether oxygens (including phenoxy) is 1. The summed E-state index contributed by atoms with van der Waals surface area (Å²) in [6.07, 6.45) is 1.43. The van der Waals surface area contributed by atoms with E-state index in [9.17, 15) is 9.59 Å². The topological polar surface area (TPSA) is 80.3 Å². The number of hydrogen-bond acceptors (Lipinski definition) is 5. The number of hydrogen-bond donors (Lipinski definition) is 2. The van der Waals surface area contributed by atoms with Gasteiger partial charge in [-0.2, -0.15) is 0 Å². The fourth-order valence-corrected chi connectivity index (χ4v) is 2.04. The van der Waals surface area contributed by atoms with E-state index >= 15 is 0 Å². The second-order valence-corrected chi connectivity index (χ2v) is 5.22. The van der Waals surface area contributed by atoms with Crippen LogP contribution >= 0.6 is 0 Å². The van der Waals surface area contributed by atoms with Crippen LogP contribution < -0.4 is 10.6 Å². The molecule has 0 saturated heterocycles. The minimum absolute atomic E-state index is 0.130. The molecule has 2 rings (SSSR count). The highest BCUT2D eigenvalue weighted by molar-refractivity contribution is 5.89. The smallest absolute Gasteiger partial charge is 0.339 e. The summed E-state index contributed by atoms with van der Waals surface area (Å²) in [6.45, 7) is 4.29. The molecule has 2 aromatic rings. The van der Waals surface area contributed by atoms with Crippen molar-refractivity contribution in [3.8, 4) is 0 Å². The van der Waals surface area contributed by atoms with Gasteiger partial charge in [-0.05, 0) is 31.5 Å². The minimum atomic E-state index is -0.449. The molecule has 0 aliphatic carbocycles. The van der Waals surface area contributed by atoms with E-state index in [0.717, 1.165) is 5.56 Å². The molecule has 0 radical (unpaired) electrons. The largest absolute Gasteiger partial charge is 0.462 e. The van der Waals surface area contributed by atoms with E-state index in [4.69, 9.17) is 4.74 Å². The van der Waals surface area contributed by atoms with E-state index in [1.54, 1.807) is 26.0 Å². The van der Waals surface area contributed by atoms with Crippen LogP contribution in [0.25, 0.3) is 0 Å². The molecule has 1 amide bonds. The Balaban J connectivity index is 1.85. The number of amides is 1. The summed E-state index contributed by atoms with van der Waals surface area (Å²) in [5.74, 6) is -0.0225. The van der Waals surface area contributed by atoms with E-state index in [-0.39, 0.29) is 5.91 Å². The first-order chi connectivity index (χ1) is 11.6. The van der Waals surface area contributed by atoms with Crippen molar-refractivity contribution in [1.29, 1.82) is 0 Å². The lowest BCUT2D eigenvalue weighted by Crippen LogP contribution is -2.37. The van der Waals surface area contributed by atoms with E-state index in [1.165, 1.54) is 6.20 Å². The Labute approximate surface area is 141 Å². The van der Waals surface area contributed by atoms with Crippen LogP contribution in [-0.4, -0.2) is 29.5 Å². The Bertz CT molecular complexity index is 672. The van der Waals surface area contributed by atoms with Crippen LogP contribution in [0.5, 0.6) is 0 Å². The Hall–Kier alpha value is -2.89. The molecule has 24 heavy (non-hydrogen) atoms. The van der Waals surface area contributed by atoms with Crippen molar-refractivity contribution in [2.75, 3.05) is 11.9 Å². The van der Waals surface area contributed by atoms with Crippen LogP contribution in [0.2, 0.25) is 0 Å².